The number of aromatic nitrogens is 1. The van der Waals surface area contributed by atoms with Gasteiger partial charge in [0.2, 0.25) is 0 Å². The maximum absolute atomic E-state index is 4.17. The summed E-state index contributed by atoms with van der Waals surface area (Å²) in [6.07, 6.45) is 11.3. The van der Waals surface area contributed by atoms with Crippen LogP contribution in [0.4, 0.5) is 0 Å². The predicted octanol–water partition coefficient (Wildman–Crippen LogP) is 3.57. The standard InChI is InChI=1S/C15H26N2/c1-3-5-8-15(17-11-4-2)10-9-14-7-6-12-16-13-14/h6-7,12-13,15,17H,3-5,8-11H2,1-2H3. The highest BCUT2D eigenvalue weighted by Gasteiger charge is 2.07. The van der Waals surface area contributed by atoms with Crippen molar-refractivity contribution < 1.29 is 0 Å². The van der Waals surface area contributed by atoms with Gasteiger partial charge in [0.05, 0.1) is 0 Å². The molecule has 0 radical (unpaired) electrons. The molecule has 0 aliphatic heterocycles. The molecule has 1 aromatic rings. The molecule has 96 valence electrons. The van der Waals surface area contributed by atoms with E-state index in [2.05, 4.69) is 30.2 Å². The summed E-state index contributed by atoms with van der Waals surface area (Å²) in [6, 6.07) is 4.87. The van der Waals surface area contributed by atoms with Crippen LogP contribution in [0.3, 0.4) is 0 Å². The Hall–Kier alpha value is -0.890. The molecule has 2 heteroatoms. The minimum Gasteiger partial charge on any atom is -0.314 e. The Morgan fingerprint density at radius 2 is 2.12 bits per heavy atom. The van der Waals surface area contributed by atoms with Crippen LogP contribution in [0, 0.1) is 0 Å². The third kappa shape index (κ3) is 6.42. The molecule has 0 saturated heterocycles. The maximum Gasteiger partial charge on any atom is 0.0299 e. The first kappa shape index (κ1) is 14.2. The van der Waals surface area contributed by atoms with E-state index in [1.165, 1.54) is 37.7 Å². The lowest BCUT2D eigenvalue weighted by atomic mass is 10.0. The molecule has 1 N–H and O–H groups in total. The van der Waals surface area contributed by atoms with Gasteiger partial charge in [-0.05, 0) is 43.9 Å². The van der Waals surface area contributed by atoms with E-state index in [1.54, 1.807) is 0 Å². The third-order valence-corrected chi connectivity index (χ3v) is 3.09. The summed E-state index contributed by atoms with van der Waals surface area (Å²) in [6.45, 7) is 5.63. The molecule has 0 spiro atoms. The van der Waals surface area contributed by atoms with Crippen molar-refractivity contribution in [1.82, 2.24) is 10.3 Å². The highest BCUT2D eigenvalue weighted by atomic mass is 14.9. The zero-order valence-electron chi connectivity index (χ0n) is 11.3. The molecule has 1 unspecified atom stereocenters. The van der Waals surface area contributed by atoms with E-state index in [1.807, 2.05) is 18.5 Å². The number of aryl methyl sites for hydroxylation is 1. The van der Waals surface area contributed by atoms with Gasteiger partial charge in [0.1, 0.15) is 0 Å². The van der Waals surface area contributed by atoms with Crippen LogP contribution in [-0.4, -0.2) is 17.6 Å². The lowest BCUT2D eigenvalue weighted by Gasteiger charge is -2.18. The molecular formula is C15H26N2. The Labute approximate surface area is 106 Å². The predicted molar refractivity (Wildman–Crippen MR) is 74.2 cm³/mol. The summed E-state index contributed by atoms with van der Waals surface area (Å²) in [5, 5.41) is 3.65. The molecule has 1 aromatic heterocycles. The van der Waals surface area contributed by atoms with E-state index < -0.39 is 0 Å². The maximum atomic E-state index is 4.17. The van der Waals surface area contributed by atoms with Crippen LogP contribution in [0.5, 0.6) is 0 Å². The van der Waals surface area contributed by atoms with Crippen molar-refractivity contribution in [2.75, 3.05) is 6.54 Å². The van der Waals surface area contributed by atoms with E-state index in [4.69, 9.17) is 0 Å². The minimum absolute atomic E-state index is 0.676. The van der Waals surface area contributed by atoms with Crippen LogP contribution < -0.4 is 5.32 Å². The Balaban J connectivity index is 2.31. The van der Waals surface area contributed by atoms with Crippen LogP contribution in [0.2, 0.25) is 0 Å². The Morgan fingerprint density at radius 1 is 1.24 bits per heavy atom. The zero-order chi connectivity index (χ0) is 12.3. The van der Waals surface area contributed by atoms with E-state index in [0.717, 1.165) is 13.0 Å². The molecule has 0 amide bonds. The molecule has 0 saturated carbocycles. The van der Waals surface area contributed by atoms with Crippen molar-refractivity contribution in [2.45, 2.75) is 58.4 Å². The molecule has 0 aliphatic carbocycles. The van der Waals surface area contributed by atoms with Gasteiger partial charge in [-0.1, -0.05) is 32.8 Å². The molecule has 1 heterocycles. The van der Waals surface area contributed by atoms with Gasteiger partial charge in [0, 0.05) is 18.4 Å². The number of nitrogens with zero attached hydrogens (tertiary/aromatic N) is 1. The molecule has 0 bridgehead atoms. The Bertz CT molecular complexity index is 264. The second-order valence-corrected chi connectivity index (χ2v) is 4.69. The summed E-state index contributed by atoms with van der Waals surface area (Å²) in [7, 11) is 0. The van der Waals surface area contributed by atoms with Gasteiger partial charge in [-0.25, -0.2) is 0 Å². The van der Waals surface area contributed by atoms with Crippen molar-refractivity contribution >= 4 is 0 Å². The van der Waals surface area contributed by atoms with Crippen LogP contribution in [0.25, 0.3) is 0 Å². The second kappa shape index (κ2) is 9.17. The average molecular weight is 234 g/mol. The van der Waals surface area contributed by atoms with Crippen molar-refractivity contribution in [3.63, 3.8) is 0 Å². The van der Waals surface area contributed by atoms with Gasteiger partial charge < -0.3 is 5.32 Å². The molecule has 17 heavy (non-hydrogen) atoms. The van der Waals surface area contributed by atoms with Crippen LogP contribution >= 0.6 is 0 Å². The fourth-order valence-corrected chi connectivity index (χ4v) is 2.03. The summed E-state index contributed by atoms with van der Waals surface area (Å²) < 4.78 is 0. The average Bonchev–Trinajstić information content (AvgIpc) is 2.39. The smallest absolute Gasteiger partial charge is 0.0299 e. The first-order valence-electron chi connectivity index (χ1n) is 6.99. The van der Waals surface area contributed by atoms with Crippen LogP contribution in [0.15, 0.2) is 24.5 Å². The zero-order valence-corrected chi connectivity index (χ0v) is 11.3. The molecule has 1 atom stereocenters. The number of hydrogen-bond donors (Lipinski definition) is 1. The largest absolute Gasteiger partial charge is 0.314 e. The number of pyridine rings is 1. The number of nitrogens with one attached hydrogen (secondary N) is 1. The lowest BCUT2D eigenvalue weighted by Crippen LogP contribution is -2.30. The van der Waals surface area contributed by atoms with E-state index >= 15 is 0 Å². The normalized spacial score (nSPS) is 12.6. The van der Waals surface area contributed by atoms with Gasteiger partial charge in [-0.2, -0.15) is 0 Å². The molecule has 0 aliphatic rings. The first-order chi connectivity index (χ1) is 8.36. The van der Waals surface area contributed by atoms with Crippen molar-refractivity contribution in [2.24, 2.45) is 0 Å². The third-order valence-electron chi connectivity index (χ3n) is 3.09. The van der Waals surface area contributed by atoms with Gasteiger partial charge in [-0.15, -0.1) is 0 Å². The highest BCUT2D eigenvalue weighted by molar-refractivity contribution is 5.08. The van der Waals surface area contributed by atoms with E-state index in [9.17, 15) is 0 Å². The second-order valence-electron chi connectivity index (χ2n) is 4.69. The first-order valence-corrected chi connectivity index (χ1v) is 6.99. The highest BCUT2D eigenvalue weighted by Crippen LogP contribution is 2.09. The summed E-state index contributed by atoms with van der Waals surface area (Å²) in [4.78, 5) is 4.17. The Kier molecular flexibility index (Phi) is 7.65. The molecule has 2 nitrogen and oxygen atoms in total. The molecular weight excluding hydrogens is 208 g/mol. The monoisotopic (exact) mass is 234 g/mol. The van der Waals surface area contributed by atoms with Crippen LogP contribution in [0.1, 0.15) is 51.5 Å². The SMILES string of the molecule is CCCCC(CCc1cccnc1)NCCC. The van der Waals surface area contributed by atoms with Crippen LogP contribution in [-0.2, 0) is 6.42 Å². The lowest BCUT2D eigenvalue weighted by molar-refractivity contribution is 0.439. The molecule has 1 rings (SSSR count). The quantitative estimate of drug-likeness (QED) is 0.706. The van der Waals surface area contributed by atoms with Gasteiger partial charge >= 0.3 is 0 Å². The molecule has 0 aromatic carbocycles. The topological polar surface area (TPSA) is 24.9 Å². The molecule has 0 fully saturated rings. The van der Waals surface area contributed by atoms with E-state index in [0.29, 0.717) is 6.04 Å². The Morgan fingerprint density at radius 3 is 2.76 bits per heavy atom. The minimum atomic E-state index is 0.676. The summed E-state index contributed by atoms with van der Waals surface area (Å²) >= 11 is 0. The van der Waals surface area contributed by atoms with Gasteiger partial charge in [-0.3, -0.25) is 4.98 Å². The van der Waals surface area contributed by atoms with Gasteiger partial charge in [0.25, 0.3) is 0 Å². The fourth-order valence-electron chi connectivity index (χ4n) is 2.03. The summed E-state index contributed by atoms with van der Waals surface area (Å²) in [5.74, 6) is 0. The fraction of sp³-hybridized carbons (Fsp3) is 0.667. The number of unbranched alkanes of at least 4 members (excludes halogenated alkanes) is 1. The van der Waals surface area contributed by atoms with Gasteiger partial charge in [0.15, 0.2) is 0 Å². The van der Waals surface area contributed by atoms with E-state index in [-0.39, 0.29) is 0 Å². The van der Waals surface area contributed by atoms with Crippen molar-refractivity contribution in [3.8, 4) is 0 Å². The van der Waals surface area contributed by atoms with Crippen molar-refractivity contribution in [1.29, 1.82) is 0 Å². The number of hydrogen-bond acceptors (Lipinski definition) is 2. The number of rotatable bonds is 9. The van der Waals surface area contributed by atoms with Crippen molar-refractivity contribution in [3.05, 3.63) is 30.1 Å². The summed E-state index contributed by atoms with van der Waals surface area (Å²) in [5.41, 5.74) is 1.35.